The molecule has 0 atom stereocenters. The fraction of sp³-hybridized carbons (Fsp3) is 0. The van der Waals surface area contributed by atoms with Crippen LogP contribution in [0.2, 0.25) is 5.02 Å². The van der Waals surface area contributed by atoms with Crippen molar-refractivity contribution >= 4 is 22.5 Å². The smallest absolute Gasteiger partial charge is 0.259 e. The number of nitrogens with zero attached hydrogens (tertiary/aromatic N) is 1. The van der Waals surface area contributed by atoms with Gasteiger partial charge in [0.25, 0.3) is 5.56 Å². The highest BCUT2D eigenvalue weighted by atomic mass is 35.5. The van der Waals surface area contributed by atoms with Crippen molar-refractivity contribution in [1.29, 1.82) is 0 Å². The molecule has 0 aliphatic heterocycles. The van der Waals surface area contributed by atoms with E-state index in [-0.39, 0.29) is 5.56 Å². The van der Waals surface area contributed by atoms with Gasteiger partial charge in [-0.25, -0.2) is 4.98 Å². The number of aromatic amines is 1. The van der Waals surface area contributed by atoms with Crippen molar-refractivity contribution in [2.75, 3.05) is 0 Å². The molecule has 0 unspecified atom stereocenters. The van der Waals surface area contributed by atoms with E-state index >= 15 is 0 Å². The minimum absolute atomic E-state index is 0.214. The van der Waals surface area contributed by atoms with Crippen molar-refractivity contribution in [3.05, 3.63) is 52.2 Å². The van der Waals surface area contributed by atoms with Gasteiger partial charge in [-0.1, -0.05) is 17.7 Å². The minimum atomic E-state index is -0.214. The van der Waals surface area contributed by atoms with Crippen LogP contribution in [0, 0.1) is 0 Å². The lowest BCUT2D eigenvalue weighted by molar-refractivity contribution is 0.568. The van der Waals surface area contributed by atoms with Crippen molar-refractivity contribution in [3.63, 3.8) is 0 Å². The van der Waals surface area contributed by atoms with E-state index in [9.17, 15) is 4.79 Å². The Morgan fingerprint density at radius 2 is 2.18 bits per heavy atom. The highest BCUT2D eigenvalue weighted by Crippen LogP contribution is 2.21. The van der Waals surface area contributed by atoms with E-state index in [1.807, 2.05) is 0 Å². The fourth-order valence-electron chi connectivity index (χ4n) is 1.66. The van der Waals surface area contributed by atoms with Crippen LogP contribution in [0.3, 0.4) is 0 Å². The Kier molecular flexibility index (Phi) is 2.23. The van der Waals surface area contributed by atoms with E-state index in [0.29, 0.717) is 27.3 Å². The van der Waals surface area contributed by atoms with E-state index in [4.69, 9.17) is 16.0 Å². The number of furan rings is 1. The number of aromatic nitrogens is 2. The number of H-pyrrole nitrogens is 1. The van der Waals surface area contributed by atoms with Gasteiger partial charge in [0.05, 0.1) is 27.8 Å². The molecule has 17 heavy (non-hydrogen) atoms. The Morgan fingerprint density at radius 3 is 2.94 bits per heavy atom. The van der Waals surface area contributed by atoms with Gasteiger partial charge in [-0.2, -0.15) is 0 Å². The van der Waals surface area contributed by atoms with Gasteiger partial charge in [-0.05, 0) is 18.2 Å². The van der Waals surface area contributed by atoms with Gasteiger partial charge in [-0.15, -0.1) is 0 Å². The van der Waals surface area contributed by atoms with Crippen LogP contribution in [-0.2, 0) is 0 Å². The zero-order valence-electron chi connectivity index (χ0n) is 8.61. The number of para-hydroxylation sites is 1. The van der Waals surface area contributed by atoms with Crippen LogP contribution < -0.4 is 5.56 Å². The third kappa shape index (κ3) is 1.62. The number of hydrogen-bond donors (Lipinski definition) is 1. The molecule has 0 saturated carbocycles. The van der Waals surface area contributed by atoms with E-state index in [1.54, 1.807) is 24.3 Å². The molecule has 0 radical (unpaired) electrons. The molecule has 3 aromatic rings. The first-order valence-corrected chi connectivity index (χ1v) is 5.34. The minimum Gasteiger partial charge on any atom is -0.472 e. The second-order valence-electron chi connectivity index (χ2n) is 3.56. The number of fused-ring (bicyclic) bond motifs is 1. The molecule has 4 nitrogen and oxygen atoms in total. The van der Waals surface area contributed by atoms with Crippen LogP contribution in [0.5, 0.6) is 0 Å². The highest BCUT2D eigenvalue weighted by Gasteiger charge is 2.08. The Bertz CT molecular complexity index is 732. The Hall–Kier alpha value is -2.07. The third-order valence-electron chi connectivity index (χ3n) is 2.48. The molecule has 5 heteroatoms. The quantitative estimate of drug-likeness (QED) is 0.718. The molecule has 0 bridgehead atoms. The molecule has 0 amide bonds. The summed E-state index contributed by atoms with van der Waals surface area (Å²) >= 11 is 6.02. The number of benzene rings is 1. The van der Waals surface area contributed by atoms with Crippen LogP contribution in [-0.4, -0.2) is 9.97 Å². The zero-order valence-corrected chi connectivity index (χ0v) is 9.36. The van der Waals surface area contributed by atoms with Crippen molar-refractivity contribution < 1.29 is 4.42 Å². The average molecular weight is 247 g/mol. The predicted octanol–water partition coefficient (Wildman–Crippen LogP) is 2.84. The summed E-state index contributed by atoms with van der Waals surface area (Å²) in [5.41, 5.74) is 0.992. The lowest BCUT2D eigenvalue weighted by Crippen LogP contribution is -2.09. The van der Waals surface area contributed by atoms with Crippen molar-refractivity contribution in [2.24, 2.45) is 0 Å². The highest BCUT2D eigenvalue weighted by molar-refractivity contribution is 6.35. The first-order chi connectivity index (χ1) is 8.25. The SMILES string of the molecule is O=c1[nH]c(-c2ccoc2)nc2c(Cl)cccc12. The lowest BCUT2D eigenvalue weighted by atomic mass is 10.2. The molecule has 0 aliphatic rings. The van der Waals surface area contributed by atoms with Crippen LogP contribution in [0.4, 0.5) is 0 Å². The molecule has 84 valence electrons. The number of hydrogen-bond acceptors (Lipinski definition) is 3. The maximum absolute atomic E-state index is 11.9. The van der Waals surface area contributed by atoms with Crippen LogP contribution in [0.15, 0.2) is 46.0 Å². The Labute approximate surface area is 101 Å². The van der Waals surface area contributed by atoms with Crippen molar-refractivity contribution in [2.45, 2.75) is 0 Å². The molecule has 1 N–H and O–H groups in total. The molecule has 0 saturated heterocycles. The molecule has 0 aliphatic carbocycles. The second kappa shape index (κ2) is 3.75. The predicted molar refractivity (Wildman–Crippen MR) is 65.1 cm³/mol. The molecule has 3 rings (SSSR count). The fourth-order valence-corrected chi connectivity index (χ4v) is 1.88. The first kappa shape index (κ1) is 10.1. The van der Waals surface area contributed by atoms with Gasteiger partial charge in [-0.3, -0.25) is 4.79 Å². The number of rotatable bonds is 1. The van der Waals surface area contributed by atoms with Crippen LogP contribution in [0.1, 0.15) is 0 Å². The number of nitrogens with one attached hydrogen (secondary N) is 1. The molecular formula is C12H7ClN2O2. The summed E-state index contributed by atoms with van der Waals surface area (Å²) in [5.74, 6) is 0.448. The normalized spacial score (nSPS) is 10.9. The van der Waals surface area contributed by atoms with E-state index in [2.05, 4.69) is 9.97 Å². The molecule has 1 aromatic carbocycles. The van der Waals surface area contributed by atoms with E-state index in [0.717, 1.165) is 0 Å². The molecule has 0 fully saturated rings. The monoisotopic (exact) mass is 246 g/mol. The molecule has 2 heterocycles. The topological polar surface area (TPSA) is 58.9 Å². The first-order valence-electron chi connectivity index (χ1n) is 4.97. The maximum atomic E-state index is 11.9. The summed E-state index contributed by atoms with van der Waals surface area (Å²) in [5, 5.41) is 0.933. The van der Waals surface area contributed by atoms with Crippen molar-refractivity contribution in [1.82, 2.24) is 9.97 Å². The molecule has 0 spiro atoms. The second-order valence-corrected chi connectivity index (χ2v) is 3.97. The average Bonchev–Trinajstić information content (AvgIpc) is 2.84. The van der Waals surface area contributed by atoms with Gasteiger partial charge in [0.2, 0.25) is 0 Å². The number of halogens is 1. The largest absolute Gasteiger partial charge is 0.472 e. The third-order valence-corrected chi connectivity index (χ3v) is 2.79. The van der Waals surface area contributed by atoms with E-state index in [1.165, 1.54) is 12.5 Å². The zero-order chi connectivity index (χ0) is 11.8. The summed E-state index contributed by atoms with van der Waals surface area (Å²) in [6.45, 7) is 0. The maximum Gasteiger partial charge on any atom is 0.259 e. The van der Waals surface area contributed by atoms with Gasteiger partial charge in [0.15, 0.2) is 0 Å². The van der Waals surface area contributed by atoms with Crippen molar-refractivity contribution in [3.8, 4) is 11.4 Å². The Balaban J connectivity index is 2.38. The van der Waals surface area contributed by atoms with Gasteiger partial charge < -0.3 is 9.40 Å². The summed E-state index contributed by atoms with van der Waals surface area (Å²) in [6, 6.07) is 6.84. The van der Waals surface area contributed by atoms with Gasteiger partial charge in [0.1, 0.15) is 12.1 Å². The van der Waals surface area contributed by atoms with Crippen LogP contribution in [0.25, 0.3) is 22.3 Å². The van der Waals surface area contributed by atoms with E-state index < -0.39 is 0 Å². The summed E-state index contributed by atoms with van der Waals surface area (Å²) in [7, 11) is 0. The summed E-state index contributed by atoms with van der Waals surface area (Å²) in [4.78, 5) is 18.9. The van der Waals surface area contributed by atoms with Gasteiger partial charge in [0, 0.05) is 0 Å². The summed E-state index contributed by atoms with van der Waals surface area (Å²) in [6.07, 6.45) is 3.03. The van der Waals surface area contributed by atoms with Crippen LogP contribution >= 0.6 is 11.6 Å². The molecule has 2 aromatic heterocycles. The molecular weight excluding hydrogens is 240 g/mol. The standard InChI is InChI=1S/C12H7ClN2O2/c13-9-3-1-2-8-10(9)14-11(15-12(8)16)7-4-5-17-6-7/h1-6H,(H,14,15,16). The summed E-state index contributed by atoms with van der Waals surface area (Å²) < 4.78 is 4.96. The van der Waals surface area contributed by atoms with Gasteiger partial charge >= 0.3 is 0 Å². The lowest BCUT2D eigenvalue weighted by Gasteiger charge is -2.01. The Morgan fingerprint density at radius 1 is 1.29 bits per heavy atom.